The molecule has 1 aromatic heterocycles. The number of aromatic nitrogens is 1. The number of hydrogen-bond acceptors (Lipinski definition) is 3. The molecule has 0 saturated heterocycles. The Balaban J connectivity index is 2.87. The monoisotopic (exact) mass is 184 g/mol. The lowest BCUT2D eigenvalue weighted by Crippen LogP contribution is -2.27. The van der Waals surface area contributed by atoms with Gasteiger partial charge in [-0.3, -0.25) is 9.69 Å². The van der Waals surface area contributed by atoms with E-state index in [9.17, 15) is 4.79 Å². The Hall–Kier alpha value is -0.900. The van der Waals surface area contributed by atoms with E-state index < -0.39 is 0 Å². The van der Waals surface area contributed by atoms with Gasteiger partial charge in [-0.2, -0.15) is 0 Å². The van der Waals surface area contributed by atoms with E-state index in [1.807, 2.05) is 19.2 Å². The van der Waals surface area contributed by atoms with Gasteiger partial charge in [-0.25, -0.2) is 4.98 Å². The molecule has 0 spiro atoms. The zero-order valence-electron chi connectivity index (χ0n) is 7.50. The molecule has 0 N–H and O–H groups in total. The minimum atomic E-state index is 0.0480. The Morgan fingerprint density at radius 1 is 1.75 bits per heavy atom. The fourth-order valence-corrected chi connectivity index (χ4v) is 1.87. The molecule has 0 unspecified atom stereocenters. The van der Waals surface area contributed by atoms with Gasteiger partial charge < -0.3 is 0 Å². The average molecular weight is 184 g/mol. The Kier molecular flexibility index (Phi) is 2.81. The molecule has 0 aromatic carbocycles. The van der Waals surface area contributed by atoms with Crippen molar-refractivity contribution in [3.8, 4) is 0 Å². The molecule has 0 fully saturated rings. The molecule has 0 bridgehead atoms. The van der Waals surface area contributed by atoms with Crippen LogP contribution >= 0.6 is 11.3 Å². The molecule has 66 valence electrons. The zero-order valence-corrected chi connectivity index (χ0v) is 8.31. The highest BCUT2D eigenvalue weighted by atomic mass is 32.1. The van der Waals surface area contributed by atoms with Gasteiger partial charge in [-0.15, -0.1) is 11.3 Å². The van der Waals surface area contributed by atoms with Crippen LogP contribution in [-0.4, -0.2) is 17.4 Å². The number of hydrogen-bond donors (Lipinski definition) is 0. The fraction of sp³-hybridized carbons (Fsp3) is 0.500. The van der Waals surface area contributed by atoms with Crippen molar-refractivity contribution in [3.05, 3.63) is 11.1 Å². The molecule has 1 heterocycles. The molecule has 12 heavy (non-hydrogen) atoms. The highest BCUT2D eigenvalue weighted by molar-refractivity contribution is 7.14. The number of aryl methyl sites for hydroxylation is 1. The normalized spacial score (nSPS) is 9.92. The molecule has 4 heteroatoms. The van der Waals surface area contributed by atoms with Crippen molar-refractivity contribution in [3.63, 3.8) is 0 Å². The third kappa shape index (κ3) is 1.82. The highest BCUT2D eigenvalue weighted by Crippen LogP contribution is 2.19. The molecule has 0 aliphatic rings. The van der Waals surface area contributed by atoms with Crippen LogP contribution in [0.5, 0.6) is 0 Å². The van der Waals surface area contributed by atoms with Crippen molar-refractivity contribution in [2.75, 3.05) is 11.4 Å². The second-order valence-electron chi connectivity index (χ2n) is 2.53. The van der Waals surface area contributed by atoms with E-state index in [-0.39, 0.29) is 5.91 Å². The van der Waals surface area contributed by atoms with Crippen LogP contribution < -0.4 is 4.90 Å². The van der Waals surface area contributed by atoms with Crippen LogP contribution in [0, 0.1) is 6.92 Å². The van der Waals surface area contributed by atoms with Gasteiger partial charge in [0.05, 0.1) is 5.69 Å². The SMILES string of the molecule is CCN(C(C)=O)c1nc(C)cs1. The highest BCUT2D eigenvalue weighted by Gasteiger charge is 2.11. The van der Waals surface area contributed by atoms with Crippen molar-refractivity contribution < 1.29 is 4.79 Å². The van der Waals surface area contributed by atoms with Gasteiger partial charge in [0, 0.05) is 18.8 Å². The van der Waals surface area contributed by atoms with Crippen LogP contribution in [0.3, 0.4) is 0 Å². The smallest absolute Gasteiger partial charge is 0.225 e. The largest absolute Gasteiger partial charge is 0.289 e. The predicted molar refractivity (Wildman–Crippen MR) is 50.6 cm³/mol. The lowest BCUT2D eigenvalue weighted by Gasteiger charge is -2.14. The Morgan fingerprint density at radius 2 is 2.42 bits per heavy atom. The number of rotatable bonds is 2. The summed E-state index contributed by atoms with van der Waals surface area (Å²) >= 11 is 1.50. The number of amides is 1. The van der Waals surface area contributed by atoms with E-state index in [4.69, 9.17) is 0 Å². The quantitative estimate of drug-likeness (QED) is 0.702. The Morgan fingerprint density at radius 3 is 2.75 bits per heavy atom. The summed E-state index contributed by atoms with van der Waals surface area (Å²) in [5, 5.41) is 2.74. The van der Waals surface area contributed by atoms with Gasteiger partial charge in [0.1, 0.15) is 0 Å². The van der Waals surface area contributed by atoms with E-state index in [1.165, 1.54) is 11.3 Å². The van der Waals surface area contributed by atoms with E-state index >= 15 is 0 Å². The van der Waals surface area contributed by atoms with E-state index in [0.29, 0.717) is 6.54 Å². The first-order chi connectivity index (χ1) is 5.65. The van der Waals surface area contributed by atoms with Crippen LogP contribution in [-0.2, 0) is 4.79 Å². The summed E-state index contributed by atoms with van der Waals surface area (Å²) in [7, 11) is 0. The van der Waals surface area contributed by atoms with Gasteiger partial charge in [-0.05, 0) is 13.8 Å². The van der Waals surface area contributed by atoms with Gasteiger partial charge in [-0.1, -0.05) is 0 Å². The maximum atomic E-state index is 11.1. The number of thiazole rings is 1. The molecule has 1 rings (SSSR count). The minimum absolute atomic E-state index is 0.0480. The maximum absolute atomic E-state index is 11.1. The molecule has 0 aliphatic heterocycles. The number of anilines is 1. The van der Waals surface area contributed by atoms with Gasteiger partial charge in [0.25, 0.3) is 0 Å². The average Bonchev–Trinajstić information content (AvgIpc) is 2.37. The van der Waals surface area contributed by atoms with Crippen LogP contribution in [0.1, 0.15) is 19.5 Å². The lowest BCUT2D eigenvalue weighted by molar-refractivity contribution is -0.116. The summed E-state index contributed by atoms with van der Waals surface area (Å²) in [6.07, 6.45) is 0. The number of carbonyl (C=O) groups excluding carboxylic acids is 1. The van der Waals surface area contributed by atoms with E-state index in [1.54, 1.807) is 11.8 Å². The molecular weight excluding hydrogens is 172 g/mol. The van der Waals surface area contributed by atoms with E-state index in [0.717, 1.165) is 10.8 Å². The first kappa shape index (κ1) is 9.19. The molecule has 0 saturated carbocycles. The lowest BCUT2D eigenvalue weighted by atomic mass is 10.5. The van der Waals surface area contributed by atoms with Gasteiger partial charge in [0.2, 0.25) is 5.91 Å². The molecular formula is C8H12N2OS. The zero-order chi connectivity index (χ0) is 9.14. The molecule has 0 atom stereocenters. The number of nitrogens with zero attached hydrogens (tertiary/aromatic N) is 2. The summed E-state index contributed by atoms with van der Waals surface area (Å²) in [6, 6.07) is 0. The molecule has 3 nitrogen and oxygen atoms in total. The first-order valence-corrected chi connectivity index (χ1v) is 4.73. The number of carbonyl (C=O) groups is 1. The Bertz CT molecular complexity index is 282. The van der Waals surface area contributed by atoms with Crippen molar-refractivity contribution in [1.29, 1.82) is 0 Å². The summed E-state index contributed by atoms with van der Waals surface area (Å²) in [5.41, 5.74) is 0.967. The maximum Gasteiger partial charge on any atom is 0.225 e. The topological polar surface area (TPSA) is 33.2 Å². The molecule has 1 amide bonds. The first-order valence-electron chi connectivity index (χ1n) is 3.85. The summed E-state index contributed by atoms with van der Waals surface area (Å²) in [6.45, 7) is 6.11. The van der Waals surface area contributed by atoms with Crippen LogP contribution in [0.15, 0.2) is 5.38 Å². The minimum Gasteiger partial charge on any atom is -0.289 e. The molecule has 0 aliphatic carbocycles. The third-order valence-corrected chi connectivity index (χ3v) is 2.52. The van der Waals surface area contributed by atoms with E-state index in [2.05, 4.69) is 4.98 Å². The van der Waals surface area contributed by atoms with Gasteiger partial charge >= 0.3 is 0 Å². The van der Waals surface area contributed by atoms with Crippen molar-refractivity contribution in [2.24, 2.45) is 0 Å². The van der Waals surface area contributed by atoms with Crippen LogP contribution in [0.4, 0.5) is 5.13 Å². The van der Waals surface area contributed by atoms with Crippen LogP contribution in [0.25, 0.3) is 0 Å². The van der Waals surface area contributed by atoms with Crippen molar-refractivity contribution in [2.45, 2.75) is 20.8 Å². The second-order valence-corrected chi connectivity index (χ2v) is 3.37. The molecule has 1 aromatic rings. The standard InChI is InChI=1S/C8H12N2OS/c1-4-10(7(3)11)8-9-6(2)5-12-8/h5H,4H2,1-3H3. The molecule has 0 radical (unpaired) electrons. The second kappa shape index (κ2) is 3.67. The van der Waals surface area contributed by atoms with Crippen molar-refractivity contribution >= 4 is 22.4 Å². The van der Waals surface area contributed by atoms with Gasteiger partial charge in [0.15, 0.2) is 5.13 Å². The summed E-state index contributed by atoms with van der Waals surface area (Å²) < 4.78 is 0. The predicted octanol–water partition coefficient (Wildman–Crippen LogP) is 1.82. The fourth-order valence-electron chi connectivity index (χ4n) is 0.958. The third-order valence-electron chi connectivity index (χ3n) is 1.53. The summed E-state index contributed by atoms with van der Waals surface area (Å²) in [5.74, 6) is 0.0480. The Labute approximate surface area is 76.0 Å². The van der Waals surface area contributed by atoms with Crippen LogP contribution in [0.2, 0.25) is 0 Å². The van der Waals surface area contributed by atoms with Crippen molar-refractivity contribution in [1.82, 2.24) is 4.98 Å². The summed E-state index contributed by atoms with van der Waals surface area (Å²) in [4.78, 5) is 17.0.